The lowest BCUT2D eigenvalue weighted by molar-refractivity contribution is -0.265. The quantitative estimate of drug-likeness (QED) is 0.156. The molecule has 15 atom stereocenters. The smallest absolute Gasteiger partial charge is 0.329 e. The van der Waals surface area contributed by atoms with Gasteiger partial charge in [0.05, 0.1) is 24.4 Å². The van der Waals surface area contributed by atoms with Gasteiger partial charge in [0.2, 0.25) is 5.79 Å². The van der Waals surface area contributed by atoms with Crippen molar-refractivity contribution in [3.63, 3.8) is 0 Å². The minimum atomic E-state index is -2.43. The van der Waals surface area contributed by atoms with Crippen molar-refractivity contribution in [2.75, 3.05) is 27.9 Å². The minimum absolute atomic E-state index is 0.0193. The Balaban J connectivity index is 1.70. The van der Waals surface area contributed by atoms with E-state index in [0.717, 1.165) is 12.0 Å². The van der Waals surface area contributed by atoms with E-state index in [4.69, 9.17) is 23.7 Å². The number of ether oxygens (including phenoxy) is 5. The summed E-state index contributed by atoms with van der Waals surface area (Å²) in [6.45, 7) is 12.7. The lowest BCUT2D eigenvalue weighted by Gasteiger charge is -2.42. The molecular formula is C51H79NO13. The highest BCUT2D eigenvalue weighted by atomic mass is 16.6. The molecule has 0 radical (unpaired) electrons. The first-order chi connectivity index (χ1) is 30.7. The van der Waals surface area contributed by atoms with Crippen LogP contribution in [0.5, 0.6) is 0 Å². The summed E-state index contributed by atoms with van der Waals surface area (Å²) in [5, 5.41) is 33.8. The van der Waals surface area contributed by atoms with Crippen molar-refractivity contribution in [3.05, 3.63) is 47.6 Å². The second kappa shape index (κ2) is 25.1. The van der Waals surface area contributed by atoms with Crippen LogP contribution in [0.15, 0.2) is 47.6 Å². The van der Waals surface area contributed by atoms with Gasteiger partial charge < -0.3 is 43.9 Å². The van der Waals surface area contributed by atoms with E-state index in [1.54, 1.807) is 41.1 Å². The summed E-state index contributed by atoms with van der Waals surface area (Å²) in [7, 11) is 4.52. The normalized spacial score (nSPS) is 40.4. The van der Waals surface area contributed by atoms with Crippen LogP contribution in [0.3, 0.4) is 0 Å². The number of hydrogen-bond donors (Lipinski definition) is 3. The number of rotatable bonds is 6. The number of esters is 1. The predicted molar refractivity (Wildman–Crippen MR) is 245 cm³/mol. The van der Waals surface area contributed by atoms with E-state index in [1.165, 1.54) is 12.0 Å². The highest BCUT2D eigenvalue weighted by Gasteiger charge is 2.53. The van der Waals surface area contributed by atoms with Crippen LogP contribution in [0.1, 0.15) is 126 Å². The molecule has 65 heavy (non-hydrogen) atoms. The highest BCUT2D eigenvalue weighted by molar-refractivity contribution is 6.39. The Hall–Kier alpha value is -3.37. The number of aliphatic hydroxyl groups is 3. The van der Waals surface area contributed by atoms with Crippen LogP contribution in [0.25, 0.3) is 0 Å². The van der Waals surface area contributed by atoms with Gasteiger partial charge in [-0.25, -0.2) is 4.79 Å². The highest BCUT2D eigenvalue weighted by Crippen LogP contribution is 2.38. The Kier molecular flexibility index (Phi) is 21.0. The number of aliphatic hydroxyl groups excluding tert-OH is 2. The van der Waals surface area contributed by atoms with Crippen molar-refractivity contribution in [1.29, 1.82) is 0 Å². The van der Waals surface area contributed by atoms with Crippen LogP contribution in [0, 0.1) is 35.5 Å². The Morgan fingerprint density at radius 1 is 0.846 bits per heavy atom. The number of piperidine rings is 1. The number of ketones is 3. The van der Waals surface area contributed by atoms with Crippen molar-refractivity contribution in [3.8, 4) is 0 Å². The van der Waals surface area contributed by atoms with E-state index in [-0.39, 0.29) is 54.8 Å². The first-order valence-corrected chi connectivity index (χ1v) is 23.9. The lowest BCUT2D eigenvalue weighted by Crippen LogP contribution is -2.61. The van der Waals surface area contributed by atoms with E-state index in [2.05, 4.69) is 0 Å². The SMILES string of the molecule is COC1C(=O)[C@H](C)C[C@H](C)/C=C/C=C/C=C(\C)[C@@H](OC)C[C@@H]2CC[C@@H](C)[C@@](O)(O2)C(=O)C(=O)N2CCCC[C@H]2C(=O)O[C@H]([C@H](C)C[C@@H]2CC[C@H](O)C(OC)C2)CC(=O)[C@H](C)/C=C(\C)[C@H]1O. The Morgan fingerprint density at radius 3 is 2.25 bits per heavy atom. The second-order valence-electron chi connectivity index (χ2n) is 19.6. The largest absolute Gasteiger partial charge is 0.460 e. The standard InChI is InChI=1S/C51H79NO13/c1-30-16-12-11-13-17-31(2)42(61-8)28-38-21-19-36(7)51(60,65-38)48(57)49(58)52-23-15-14-18-39(52)50(59)64-43(33(4)26-37-20-22-40(53)44(27-37)62-9)29-41(54)32(3)25-35(6)46(56)47(63-10)45(55)34(5)24-30/h11-13,16-17,25,30,32-34,36-40,42-44,46-47,53,56,60H,14-15,18-24,26-29H2,1-10H3/b13-11+,16-12+,31-17+,35-25+/t30-,32-,33-,34-,36-,37+,38+,39+,40+,42+,43+,44?,46-,47?,51-/m1/s1. The number of amides is 1. The topological polar surface area (TPSA) is 195 Å². The van der Waals surface area contributed by atoms with Gasteiger partial charge in [0, 0.05) is 58.5 Å². The average Bonchev–Trinajstić information content (AvgIpc) is 3.28. The molecule has 0 aromatic carbocycles. The van der Waals surface area contributed by atoms with Crippen LogP contribution < -0.4 is 0 Å². The maximum atomic E-state index is 14.4. The number of fused-ring (bicyclic) bond motifs is 3. The molecule has 14 heteroatoms. The van der Waals surface area contributed by atoms with Gasteiger partial charge >= 0.3 is 5.97 Å². The molecule has 1 aliphatic carbocycles. The molecule has 2 unspecified atom stereocenters. The molecule has 4 aliphatic rings. The number of methoxy groups -OCH3 is 3. The number of allylic oxidation sites excluding steroid dienone is 6. The fraction of sp³-hybridized carbons (Fsp3) is 0.745. The van der Waals surface area contributed by atoms with Gasteiger partial charge in [0.15, 0.2) is 5.78 Å². The van der Waals surface area contributed by atoms with Gasteiger partial charge in [-0.05, 0) is 107 Å². The number of hydrogen-bond acceptors (Lipinski definition) is 13. The maximum absolute atomic E-state index is 14.4. The van der Waals surface area contributed by atoms with Gasteiger partial charge in [-0.3, -0.25) is 19.2 Å². The molecule has 14 nitrogen and oxygen atoms in total. The van der Waals surface area contributed by atoms with Crippen molar-refractivity contribution in [2.24, 2.45) is 35.5 Å². The zero-order chi connectivity index (χ0) is 48.2. The molecule has 0 spiro atoms. The Labute approximate surface area is 387 Å². The van der Waals surface area contributed by atoms with Crippen LogP contribution >= 0.6 is 0 Å². The van der Waals surface area contributed by atoms with E-state index in [1.807, 2.05) is 58.1 Å². The van der Waals surface area contributed by atoms with Crippen molar-refractivity contribution >= 4 is 29.2 Å². The molecule has 3 N–H and O–H groups in total. The van der Waals surface area contributed by atoms with Gasteiger partial charge in [-0.2, -0.15) is 0 Å². The number of carbonyl (C=O) groups excluding carboxylic acids is 5. The molecule has 366 valence electrons. The first-order valence-electron chi connectivity index (χ1n) is 23.9. The lowest BCUT2D eigenvalue weighted by atomic mass is 9.78. The van der Waals surface area contributed by atoms with Crippen LogP contribution in [0.4, 0.5) is 0 Å². The molecular weight excluding hydrogens is 835 g/mol. The molecule has 1 saturated carbocycles. The second-order valence-corrected chi connectivity index (χ2v) is 19.6. The Morgan fingerprint density at radius 2 is 1.57 bits per heavy atom. The fourth-order valence-electron chi connectivity index (χ4n) is 10.1. The number of carbonyl (C=O) groups is 5. The minimum Gasteiger partial charge on any atom is -0.460 e. The van der Waals surface area contributed by atoms with Crippen molar-refractivity contribution in [1.82, 2.24) is 4.90 Å². The van der Waals surface area contributed by atoms with E-state index >= 15 is 0 Å². The van der Waals surface area contributed by atoms with E-state index < -0.39 is 83.9 Å². The molecule has 0 aromatic rings. The zero-order valence-electron chi connectivity index (χ0n) is 40.6. The monoisotopic (exact) mass is 914 g/mol. The fourth-order valence-corrected chi connectivity index (χ4v) is 10.1. The first kappa shape index (κ1) is 54.2. The third-order valence-corrected chi connectivity index (χ3v) is 14.5. The summed E-state index contributed by atoms with van der Waals surface area (Å²) in [6.07, 6.45) is 11.2. The van der Waals surface area contributed by atoms with Gasteiger partial charge in [-0.15, -0.1) is 0 Å². The summed E-state index contributed by atoms with van der Waals surface area (Å²) in [5.41, 5.74) is 1.27. The maximum Gasteiger partial charge on any atom is 0.329 e. The molecule has 3 aliphatic heterocycles. The van der Waals surface area contributed by atoms with Crippen LogP contribution in [-0.2, 0) is 47.7 Å². The zero-order valence-corrected chi connectivity index (χ0v) is 40.6. The van der Waals surface area contributed by atoms with Gasteiger partial charge in [0.25, 0.3) is 11.7 Å². The van der Waals surface area contributed by atoms with Crippen LogP contribution in [0.2, 0.25) is 0 Å². The molecule has 3 heterocycles. The predicted octanol–water partition coefficient (Wildman–Crippen LogP) is 6.18. The average molecular weight is 914 g/mol. The molecule has 2 bridgehead atoms. The molecule has 4 rings (SSSR count). The van der Waals surface area contributed by atoms with Crippen LogP contribution in [-0.4, -0.2) is 132 Å². The van der Waals surface area contributed by atoms with E-state index in [0.29, 0.717) is 63.4 Å². The molecule has 3 fully saturated rings. The summed E-state index contributed by atoms with van der Waals surface area (Å²) in [6, 6.07) is -1.14. The molecule has 2 saturated heterocycles. The number of cyclic esters (lactones) is 1. The molecule has 0 aromatic heterocycles. The van der Waals surface area contributed by atoms with Gasteiger partial charge in [0.1, 0.15) is 30.1 Å². The van der Waals surface area contributed by atoms with E-state index in [9.17, 15) is 39.3 Å². The Bertz CT molecular complexity index is 1760. The summed E-state index contributed by atoms with van der Waals surface area (Å²) in [4.78, 5) is 71.8. The van der Waals surface area contributed by atoms with Crippen molar-refractivity contribution < 1.29 is 63.0 Å². The summed E-state index contributed by atoms with van der Waals surface area (Å²) in [5.74, 6) is -7.96. The third-order valence-electron chi connectivity index (χ3n) is 14.5. The number of nitrogens with zero attached hydrogens (tertiary/aromatic N) is 1. The van der Waals surface area contributed by atoms with Gasteiger partial charge in [-0.1, -0.05) is 71.1 Å². The summed E-state index contributed by atoms with van der Waals surface area (Å²) >= 11 is 0. The summed E-state index contributed by atoms with van der Waals surface area (Å²) < 4.78 is 29.4. The van der Waals surface area contributed by atoms with Crippen molar-refractivity contribution in [2.45, 2.75) is 180 Å². The molecule has 1 amide bonds. The third kappa shape index (κ3) is 14.3. The number of Topliss-reactive ketones (excluding diaryl/α,β-unsaturated/α-hetero) is 3.